The molecule has 0 aromatic carbocycles. The van der Waals surface area contributed by atoms with Gasteiger partial charge in [-0.05, 0) is 32.6 Å². The van der Waals surface area contributed by atoms with Gasteiger partial charge in [0.15, 0.2) is 0 Å². The largest absolute Gasteiger partial charge is 0.481 e. The molecule has 7 nitrogen and oxygen atoms in total. The lowest BCUT2D eigenvalue weighted by Gasteiger charge is -2.39. The van der Waals surface area contributed by atoms with Gasteiger partial charge >= 0.3 is 12.0 Å². The lowest BCUT2D eigenvalue weighted by molar-refractivity contribution is -0.150. The standard InChI is InChI=1S/C14H23N3O4/c1-14(12(19)20)6-3-7-17(9-14)13(21)16(2)8-11(18)15-10-4-5-10/h10H,3-9H2,1-2H3,(H,15,18)(H,19,20). The molecule has 118 valence electrons. The Hall–Kier alpha value is -1.79. The van der Waals surface area contributed by atoms with E-state index in [9.17, 15) is 19.5 Å². The number of likely N-dealkylation sites (N-methyl/N-ethyl adjacent to an activating group) is 1. The van der Waals surface area contributed by atoms with Crippen molar-refractivity contribution in [2.24, 2.45) is 5.41 Å². The van der Waals surface area contributed by atoms with E-state index in [0.29, 0.717) is 19.4 Å². The number of hydrogen-bond donors (Lipinski definition) is 2. The Kier molecular flexibility index (Phi) is 4.39. The van der Waals surface area contributed by atoms with Crippen molar-refractivity contribution in [3.05, 3.63) is 0 Å². The molecule has 1 aliphatic heterocycles. The van der Waals surface area contributed by atoms with Crippen molar-refractivity contribution in [3.8, 4) is 0 Å². The molecular weight excluding hydrogens is 274 g/mol. The molecule has 2 aliphatic rings. The topological polar surface area (TPSA) is 90.0 Å². The number of carboxylic acid groups (broad SMARTS) is 1. The summed E-state index contributed by atoms with van der Waals surface area (Å²) in [4.78, 5) is 38.2. The van der Waals surface area contributed by atoms with Crippen molar-refractivity contribution >= 4 is 17.9 Å². The van der Waals surface area contributed by atoms with Gasteiger partial charge in [0.05, 0.1) is 5.41 Å². The minimum atomic E-state index is -0.898. The maximum Gasteiger partial charge on any atom is 0.320 e. The molecule has 3 amide bonds. The van der Waals surface area contributed by atoms with Crippen molar-refractivity contribution in [1.29, 1.82) is 0 Å². The summed E-state index contributed by atoms with van der Waals surface area (Å²) in [5.41, 5.74) is -0.898. The van der Waals surface area contributed by atoms with Gasteiger partial charge in [0.25, 0.3) is 0 Å². The van der Waals surface area contributed by atoms with E-state index in [4.69, 9.17) is 0 Å². The first-order valence-electron chi connectivity index (χ1n) is 7.34. The van der Waals surface area contributed by atoms with E-state index in [1.54, 1.807) is 14.0 Å². The number of hydrogen-bond acceptors (Lipinski definition) is 3. The van der Waals surface area contributed by atoms with Gasteiger partial charge in [-0.1, -0.05) is 0 Å². The van der Waals surface area contributed by atoms with Gasteiger partial charge in [-0.3, -0.25) is 9.59 Å². The zero-order valence-corrected chi connectivity index (χ0v) is 12.6. The summed E-state index contributed by atoms with van der Waals surface area (Å²) in [6.45, 7) is 2.40. The third kappa shape index (κ3) is 3.86. The van der Waals surface area contributed by atoms with Gasteiger partial charge in [0.1, 0.15) is 6.54 Å². The molecule has 1 saturated carbocycles. The molecular formula is C14H23N3O4. The number of carbonyl (C=O) groups is 3. The number of carboxylic acids is 1. The van der Waals surface area contributed by atoms with E-state index in [0.717, 1.165) is 12.8 Å². The number of nitrogens with zero attached hydrogens (tertiary/aromatic N) is 2. The Labute approximate surface area is 124 Å². The van der Waals surface area contributed by atoms with Crippen LogP contribution in [0.3, 0.4) is 0 Å². The van der Waals surface area contributed by atoms with Crippen LogP contribution >= 0.6 is 0 Å². The number of urea groups is 1. The van der Waals surface area contributed by atoms with E-state index in [2.05, 4.69) is 5.32 Å². The summed E-state index contributed by atoms with van der Waals surface area (Å²) in [6, 6.07) is -0.0144. The second-order valence-corrected chi connectivity index (χ2v) is 6.37. The molecule has 2 N–H and O–H groups in total. The number of likely N-dealkylation sites (tertiary alicyclic amines) is 1. The van der Waals surface area contributed by atoms with E-state index < -0.39 is 11.4 Å². The molecule has 0 aromatic heterocycles. The van der Waals surface area contributed by atoms with E-state index >= 15 is 0 Å². The van der Waals surface area contributed by atoms with E-state index in [1.807, 2.05) is 0 Å². The highest BCUT2D eigenvalue weighted by molar-refractivity contribution is 5.84. The average Bonchev–Trinajstić information content (AvgIpc) is 3.21. The highest BCUT2D eigenvalue weighted by Gasteiger charge is 2.40. The lowest BCUT2D eigenvalue weighted by Crippen LogP contribution is -2.53. The summed E-state index contributed by atoms with van der Waals surface area (Å²) < 4.78 is 0. The fourth-order valence-electron chi connectivity index (χ4n) is 2.60. The Balaban J connectivity index is 1.88. The van der Waals surface area contributed by atoms with Crippen LogP contribution in [0.2, 0.25) is 0 Å². The Morgan fingerprint density at radius 3 is 2.62 bits per heavy atom. The van der Waals surface area contributed by atoms with Crippen LogP contribution in [0.25, 0.3) is 0 Å². The van der Waals surface area contributed by atoms with Crippen LogP contribution in [0.4, 0.5) is 4.79 Å². The molecule has 2 rings (SSSR count). The smallest absolute Gasteiger partial charge is 0.320 e. The summed E-state index contributed by atoms with van der Waals surface area (Å²) >= 11 is 0. The van der Waals surface area contributed by atoms with E-state index in [-0.39, 0.29) is 31.1 Å². The molecule has 2 fully saturated rings. The molecule has 0 aromatic rings. The van der Waals surface area contributed by atoms with Crippen LogP contribution in [0.5, 0.6) is 0 Å². The normalized spacial score (nSPS) is 25.3. The van der Waals surface area contributed by atoms with Gasteiger partial charge in [-0.15, -0.1) is 0 Å². The predicted octanol–water partition coefficient (Wildman–Crippen LogP) is 0.504. The minimum Gasteiger partial charge on any atom is -0.481 e. The van der Waals surface area contributed by atoms with Crippen molar-refractivity contribution in [3.63, 3.8) is 0 Å². The molecule has 1 atom stereocenters. The molecule has 1 saturated heterocycles. The molecule has 21 heavy (non-hydrogen) atoms. The van der Waals surface area contributed by atoms with Crippen LogP contribution < -0.4 is 5.32 Å². The Morgan fingerprint density at radius 2 is 2.05 bits per heavy atom. The Morgan fingerprint density at radius 1 is 1.38 bits per heavy atom. The fraction of sp³-hybridized carbons (Fsp3) is 0.786. The summed E-state index contributed by atoms with van der Waals surface area (Å²) in [7, 11) is 1.57. The predicted molar refractivity (Wildman–Crippen MR) is 75.7 cm³/mol. The van der Waals surface area contributed by atoms with Gasteiger partial charge in [0, 0.05) is 26.2 Å². The number of rotatable bonds is 4. The van der Waals surface area contributed by atoms with Crippen LogP contribution in [0.1, 0.15) is 32.6 Å². The van der Waals surface area contributed by atoms with Crippen LogP contribution in [-0.2, 0) is 9.59 Å². The van der Waals surface area contributed by atoms with Crippen LogP contribution in [-0.4, -0.2) is 65.5 Å². The number of aliphatic carboxylic acids is 1. The third-order valence-electron chi connectivity index (χ3n) is 4.13. The molecule has 0 bridgehead atoms. The molecule has 1 aliphatic carbocycles. The lowest BCUT2D eigenvalue weighted by atomic mass is 9.82. The van der Waals surface area contributed by atoms with Crippen molar-refractivity contribution in [2.45, 2.75) is 38.6 Å². The zero-order valence-electron chi connectivity index (χ0n) is 12.6. The molecule has 7 heteroatoms. The van der Waals surface area contributed by atoms with Crippen LogP contribution in [0, 0.1) is 5.41 Å². The third-order valence-corrected chi connectivity index (χ3v) is 4.13. The summed E-state index contributed by atoms with van der Waals surface area (Å²) in [6.07, 6.45) is 3.24. The maximum absolute atomic E-state index is 12.3. The van der Waals surface area contributed by atoms with Gasteiger partial charge in [-0.25, -0.2) is 4.79 Å². The summed E-state index contributed by atoms with van der Waals surface area (Å²) in [5, 5.41) is 12.1. The van der Waals surface area contributed by atoms with Crippen molar-refractivity contribution in [2.75, 3.05) is 26.7 Å². The minimum absolute atomic E-state index is 0.00954. The fourth-order valence-corrected chi connectivity index (χ4v) is 2.60. The summed E-state index contributed by atoms with van der Waals surface area (Å²) in [5.74, 6) is -1.04. The number of carbonyl (C=O) groups excluding carboxylic acids is 2. The average molecular weight is 297 g/mol. The SMILES string of the molecule is CN(CC(=O)NC1CC1)C(=O)N1CCCC(C)(C(=O)O)C1. The first kappa shape index (κ1) is 15.6. The second kappa shape index (κ2) is 5.91. The monoisotopic (exact) mass is 297 g/mol. The number of piperidine rings is 1. The second-order valence-electron chi connectivity index (χ2n) is 6.37. The van der Waals surface area contributed by atoms with E-state index in [1.165, 1.54) is 9.80 Å². The number of nitrogens with one attached hydrogen (secondary N) is 1. The molecule has 1 unspecified atom stereocenters. The maximum atomic E-state index is 12.3. The number of amides is 3. The quantitative estimate of drug-likeness (QED) is 0.791. The first-order chi connectivity index (χ1) is 9.82. The van der Waals surface area contributed by atoms with Crippen molar-refractivity contribution < 1.29 is 19.5 Å². The van der Waals surface area contributed by atoms with Crippen molar-refractivity contribution in [1.82, 2.24) is 15.1 Å². The molecule has 0 radical (unpaired) electrons. The first-order valence-corrected chi connectivity index (χ1v) is 7.34. The highest BCUT2D eigenvalue weighted by atomic mass is 16.4. The van der Waals surface area contributed by atoms with Gasteiger partial charge < -0.3 is 20.2 Å². The molecule has 1 heterocycles. The molecule has 0 spiro atoms. The highest BCUT2D eigenvalue weighted by Crippen LogP contribution is 2.30. The van der Waals surface area contributed by atoms with Crippen LogP contribution in [0.15, 0.2) is 0 Å². The Bertz CT molecular complexity index is 450. The van der Waals surface area contributed by atoms with Gasteiger partial charge in [-0.2, -0.15) is 0 Å². The van der Waals surface area contributed by atoms with Gasteiger partial charge in [0.2, 0.25) is 5.91 Å². The zero-order chi connectivity index (χ0) is 15.6.